The first kappa shape index (κ1) is 14.1. The summed E-state index contributed by atoms with van der Waals surface area (Å²) in [6.45, 7) is 0. The van der Waals surface area contributed by atoms with Gasteiger partial charge in [-0.05, 0) is 17.2 Å². The lowest BCUT2D eigenvalue weighted by atomic mass is 9.98. The van der Waals surface area contributed by atoms with Gasteiger partial charge >= 0.3 is 0 Å². The highest BCUT2D eigenvalue weighted by Crippen LogP contribution is 2.26. The maximum absolute atomic E-state index is 12.1. The number of carbonyl (C=O) groups excluding carboxylic acids is 1. The van der Waals surface area contributed by atoms with Crippen LogP contribution in [0, 0.1) is 0 Å². The SMILES string of the molecule is N[C@@H](C(=O)Cc1cccc(Cl)c1Cl)c1ccccc1. The van der Waals surface area contributed by atoms with Gasteiger partial charge in [-0.15, -0.1) is 0 Å². The smallest absolute Gasteiger partial charge is 0.158 e. The molecule has 0 amide bonds. The molecule has 2 aromatic rings. The molecule has 0 radical (unpaired) electrons. The van der Waals surface area contributed by atoms with Gasteiger partial charge in [-0.1, -0.05) is 65.7 Å². The lowest BCUT2D eigenvalue weighted by molar-refractivity contribution is -0.119. The highest BCUT2D eigenvalue weighted by atomic mass is 35.5. The van der Waals surface area contributed by atoms with Gasteiger partial charge in [0.2, 0.25) is 0 Å². The van der Waals surface area contributed by atoms with E-state index in [4.69, 9.17) is 28.9 Å². The number of nitrogens with two attached hydrogens (primary N) is 1. The van der Waals surface area contributed by atoms with E-state index in [-0.39, 0.29) is 12.2 Å². The van der Waals surface area contributed by atoms with Crippen molar-refractivity contribution in [2.45, 2.75) is 12.5 Å². The minimum absolute atomic E-state index is 0.0876. The van der Waals surface area contributed by atoms with Crippen LogP contribution < -0.4 is 5.73 Å². The molecule has 2 aromatic carbocycles. The molecule has 0 aliphatic rings. The first-order valence-electron chi connectivity index (χ1n) is 5.85. The Hall–Kier alpha value is -1.35. The number of hydrogen-bond donors (Lipinski definition) is 1. The van der Waals surface area contributed by atoms with Crippen LogP contribution in [0.5, 0.6) is 0 Å². The predicted molar refractivity (Wildman–Crippen MR) is 78.5 cm³/mol. The third-order valence-electron chi connectivity index (χ3n) is 2.90. The van der Waals surface area contributed by atoms with Crippen molar-refractivity contribution in [1.29, 1.82) is 0 Å². The molecule has 19 heavy (non-hydrogen) atoms. The van der Waals surface area contributed by atoms with Gasteiger partial charge in [0.15, 0.2) is 5.78 Å². The molecule has 0 spiro atoms. The van der Waals surface area contributed by atoms with Crippen molar-refractivity contribution in [3.8, 4) is 0 Å². The van der Waals surface area contributed by atoms with Crippen LogP contribution in [0.4, 0.5) is 0 Å². The van der Waals surface area contributed by atoms with Gasteiger partial charge in [-0.25, -0.2) is 0 Å². The summed E-state index contributed by atoms with van der Waals surface area (Å²) in [5, 5.41) is 0.859. The van der Waals surface area contributed by atoms with E-state index in [1.807, 2.05) is 30.3 Å². The zero-order valence-electron chi connectivity index (χ0n) is 10.1. The van der Waals surface area contributed by atoms with Crippen LogP contribution in [0.1, 0.15) is 17.2 Å². The topological polar surface area (TPSA) is 43.1 Å². The Balaban J connectivity index is 2.15. The first-order chi connectivity index (χ1) is 9.09. The normalized spacial score (nSPS) is 12.2. The summed E-state index contributed by atoms with van der Waals surface area (Å²) in [7, 11) is 0. The Morgan fingerprint density at radius 2 is 1.74 bits per heavy atom. The van der Waals surface area contributed by atoms with Crippen molar-refractivity contribution in [2.75, 3.05) is 0 Å². The van der Waals surface area contributed by atoms with Crippen LogP contribution in [0.15, 0.2) is 48.5 Å². The van der Waals surface area contributed by atoms with Crippen molar-refractivity contribution < 1.29 is 4.79 Å². The number of hydrogen-bond acceptors (Lipinski definition) is 2. The van der Waals surface area contributed by atoms with E-state index in [9.17, 15) is 4.79 Å². The average Bonchev–Trinajstić information content (AvgIpc) is 2.44. The van der Waals surface area contributed by atoms with Gasteiger partial charge in [0.25, 0.3) is 0 Å². The van der Waals surface area contributed by atoms with E-state index in [1.165, 1.54) is 0 Å². The van der Waals surface area contributed by atoms with E-state index >= 15 is 0 Å². The fourth-order valence-corrected chi connectivity index (χ4v) is 2.22. The largest absolute Gasteiger partial charge is 0.318 e. The second-order valence-electron chi connectivity index (χ2n) is 4.24. The standard InChI is InChI=1S/C15H13Cl2NO/c16-12-8-4-7-11(14(12)17)9-13(19)15(18)10-5-2-1-3-6-10/h1-8,15H,9,18H2/t15-/m1/s1. The van der Waals surface area contributed by atoms with Crippen molar-refractivity contribution in [2.24, 2.45) is 5.73 Å². The van der Waals surface area contributed by atoms with Crippen LogP contribution in [0.3, 0.4) is 0 Å². The molecule has 0 fully saturated rings. The van der Waals surface area contributed by atoms with Crippen molar-refractivity contribution in [1.82, 2.24) is 0 Å². The second-order valence-corrected chi connectivity index (χ2v) is 5.03. The molecular weight excluding hydrogens is 281 g/mol. The number of Topliss-reactive ketones (excluding diaryl/α,β-unsaturated/α-hetero) is 1. The predicted octanol–water partition coefficient (Wildman–Crippen LogP) is 3.81. The molecule has 0 saturated heterocycles. The maximum atomic E-state index is 12.1. The van der Waals surface area contributed by atoms with E-state index in [2.05, 4.69) is 0 Å². The monoisotopic (exact) mass is 293 g/mol. The molecule has 0 bridgehead atoms. The third kappa shape index (κ3) is 3.35. The molecule has 0 unspecified atom stereocenters. The number of rotatable bonds is 4. The van der Waals surface area contributed by atoms with Crippen molar-refractivity contribution in [3.05, 3.63) is 69.7 Å². The minimum atomic E-state index is -0.642. The van der Waals surface area contributed by atoms with Crippen LogP contribution in [-0.2, 0) is 11.2 Å². The maximum Gasteiger partial charge on any atom is 0.158 e. The number of benzene rings is 2. The highest BCUT2D eigenvalue weighted by molar-refractivity contribution is 6.42. The molecular formula is C15H13Cl2NO. The molecule has 2 N–H and O–H groups in total. The summed E-state index contributed by atoms with van der Waals surface area (Å²) in [6, 6.07) is 13.9. The van der Waals surface area contributed by atoms with Crippen molar-refractivity contribution >= 4 is 29.0 Å². The molecule has 0 aromatic heterocycles. The fraction of sp³-hybridized carbons (Fsp3) is 0.133. The van der Waals surface area contributed by atoms with Gasteiger partial charge in [0, 0.05) is 6.42 Å². The first-order valence-corrected chi connectivity index (χ1v) is 6.61. The number of carbonyl (C=O) groups is 1. The minimum Gasteiger partial charge on any atom is -0.318 e. The molecule has 4 heteroatoms. The van der Waals surface area contributed by atoms with Crippen molar-refractivity contribution in [3.63, 3.8) is 0 Å². The summed E-state index contributed by atoms with van der Waals surface area (Å²) >= 11 is 12.0. The highest BCUT2D eigenvalue weighted by Gasteiger charge is 2.17. The van der Waals surface area contributed by atoms with Gasteiger partial charge in [-0.2, -0.15) is 0 Å². The van der Waals surface area contributed by atoms with Crippen LogP contribution in [-0.4, -0.2) is 5.78 Å². The van der Waals surface area contributed by atoms with Gasteiger partial charge < -0.3 is 5.73 Å². The van der Waals surface area contributed by atoms with E-state index in [1.54, 1.807) is 18.2 Å². The second kappa shape index (κ2) is 6.20. The van der Waals surface area contributed by atoms with E-state index in [0.717, 1.165) is 5.56 Å². The fourth-order valence-electron chi connectivity index (χ4n) is 1.83. The summed E-state index contributed by atoms with van der Waals surface area (Å²) in [4.78, 5) is 12.1. The quantitative estimate of drug-likeness (QED) is 0.932. The molecule has 0 aliphatic heterocycles. The summed E-state index contributed by atoms with van der Waals surface area (Å²) in [5.74, 6) is -0.0876. The summed E-state index contributed by atoms with van der Waals surface area (Å²) < 4.78 is 0. The van der Waals surface area contributed by atoms with Crippen LogP contribution >= 0.6 is 23.2 Å². The molecule has 2 rings (SSSR count). The summed E-state index contributed by atoms with van der Waals surface area (Å²) in [5.41, 5.74) is 7.45. The van der Waals surface area contributed by atoms with Gasteiger partial charge in [0.05, 0.1) is 16.1 Å². The zero-order valence-corrected chi connectivity index (χ0v) is 11.7. The Bertz CT molecular complexity index is 584. The van der Waals surface area contributed by atoms with Gasteiger partial charge in [-0.3, -0.25) is 4.79 Å². The molecule has 98 valence electrons. The Labute approximate surface area is 122 Å². The van der Waals surface area contributed by atoms with E-state index < -0.39 is 6.04 Å². The average molecular weight is 294 g/mol. The van der Waals surface area contributed by atoms with Gasteiger partial charge in [0.1, 0.15) is 0 Å². The molecule has 1 atom stereocenters. The Morgan fingerprint density at radius 1 is 1.05 bits per heavy atom. The molecule has 0 saturated carbocycles. The molecule has 0 heterocycles. The zero-order chi connectivity index (χ0) is 13.8. The lowest BCUT2D eigenvalue weighted by Gasteiger charge is -2.12. The third-order valence-corrected chi connectivity index (χ3v) is 3.76. The van der Waals surface area contributed by atoms with Crippen LogP contribution in [0.2, 0.25) is 10.0 Å². The number of halogens is 2. The van der Waals surface area contributed by atoms with E-state index in [0.29, 0.717) is 15.6 Å². The Kier molecular flexibility index (Phi) is 4.59. The molecule has 2 nitrogen and oxygen atoms in total. The lowest BCUT2D eigenvalue weighted by Crippen LogP contribution is -2.23. The molecule has 0 aliphatic carbocycles. The summed E-state index contributed by atoms with van der Waals surface area (Å²) in [6.07, 6.45) is 0.176. The Morgan fingerprint density at radius 3 is 2.42 bits per heavy atom. The van der Waals surface area contributed by atoms with Crippen LogP contribution in [0.25, 0.3) is 0 Å². The number of ketones is 1.